The van der Waals surface area contributed by atoms with Crippen LogP contribution in [0.15, 0.2) is 67.2 Å². The van der Waals surface area contributed by atoms with Gasteiger partial charge in [-0.3, -0.25) is 10.1 Å². The van der Waals surface area contributed by atoms with E-state index < -0.39 is 5.54 Å². The fraction of sp³-hybridized carbons (Fsp3) is 0.360. The van der Waals surface area contributed by atoms with Gasteiger partial charge in [0, 0.05) is 18.7 Å². The molecule has 0 bridgehead atoms. The van der Waals surface area contributed by atoms with Crippen LogP contribution >= 0.6 is 0 Å². The molecule has 4 heterocycles. The Balaban J connectivity index is 1.27. The van der Waals surface area contributed by atoms with Gasteiger partial charge in [-0.1, -0.05) is 36.2 Å². The maximum absolute atomic E-state index is 13.5. The van der Waals surface area contributed by atoms with Crippen LogP contribution in [0.4, 0.5) is 0 Å². The normalized spacial score (nSPS) is 19.7. The summed E-state index contributed by atoms with van der Waals surface area (Å²) in [6.45, 7) is 1.87. The summed E-state index contributed by atoms with van der Waals surface area (Å²) >= 11 is 0. The summed E-state index contributed by atoms with van der Waals surface area (Å²) in [6, 6.07) is 13.1. The minimum atomic E-state index is -0.460. The SMILES string of the molecule is Cc1nc(C2(NCC(=O)N3N=C(c4cc5ccccc5o4)CC3c3ccco3)CCCC2)no1. The predicted molar refractivity (Wildman–Crippen MR) is 123 cm³/mol. The van der Waals surface area contributed by atoms with E-state index in [1.165, 1.54) is 5.01 Å². The second-order valence-corrected chi connectivity index (χ2v) is 8.95. The zero-order chi connectivity index (χ0) is 23.1. The Morgan fingerprint density at radius 1 is 1.21 bits per heavy atom. The van der Waals surface area contributed by atoms with Crippen molar-refractivity contribution >= 4 is 22.6 Å². The van der Waals surface area contributed by atoms with Crippen molar-refractivity contribution in [3.63, 3.8) is 0 Å². The Morgan fingerprint density at radius 3 is 2.79 bits per heavy atom. The number of aryl methyl sites for hydroxylation is 1. The standard InChI is InChI=1S/C25H25N5O4/c1-16-27-24(29-34-16)25(10-4-5-11-25)26-15-23(31)30-19(21-9-6-12-32-21)14-18(28-30)22-13-17-7-2-3-8-20(17)33-22/h2-3,6-9,12-13,19,26H,4-5,10-11,14-15H2,1H3. The van der Waals surface area contributed by atoms with E-state index in [2.05, 4.69) is 15.5 Å². The molecule has 3 aromatic heterocycles. The molecular formula is C25H25N5O4. The monoisotopic (exact) mass is 459 g/mol. The molecule has 1 N–H and O–H groups in total. The van der Waals surface area contributed by atoms with Crippen LogP contribution in [0.1, 0.15) is 61.4 Å². The predicted octanol–water partition coefficient (Wildman–Crippen LogP) is 4.45. The fourth-order valence-electron chi connectivity index (χ4n) is 4.99. The Kier molecular flexibility index (Phi) is 5.06. The third-order valence-electron chi connectivity index (χ3n) is 6.74. The number of benzene rings is 1. The van der Waals surface area contributed by atoms with Crippen molar-refractivity contribution in [2.24, 2.45) is 5.10 Å². The minimum Gasteiger partial charge on any atom is -0.467 e. The lowest BCUT2D eigenvalue weighted by Gasteiger charge is -2.28. The number of rotatable bonds is 6. The quantitative estimate of drug-likeness (QED) is 0.453. The van der Waals surface area contributed by atoms with Gasteiger partial charge in [0.25, 0.3) is 5.91 Å². The first-order valence-electron chi connectivity index (χ1n) is 11.6. The van der Waals surface area contributed by atoms with Gasteiger partial charge in [0.1, 0.15) is 23.1 Å². The highest BCUT2D eigenvalue weighted by Gasteiger charge is 2.41. The molecule has 9 heteroatoms. The van der Waals surface area contributed by atoms with Crippen molar-refractivity contribution in [3.05, 3.63) is 72.0 Å². The number of amides is 1. The number of hydrogen-bond acceptors (Lipinski definition) is 8. The van der Waals surface area contributed by atoms with Crippen molar-refractivity contribution in [2.75, 3.05) is 6.54 Å². The average molecular weight is 460 g/mol. The highest BCUT2D eigenvalue weighted by Crippen LogP contribution is 2.38. The second kappa shape index (κ2) is 8.25. The molecule has 0 radical (unpaired) electrons. The molecule has 1 aliphatic heterocycles. The van der Waals surface area contributed by atoms with E-state index >= 15 is 0 Å². The van der Waals surface area contributed by atoms with Gasteiger partial charge in [-0.15, -0.1) is 0 Å². The fourth-order valence-corrected chi connectivity index (χ4v) is 4.99. The van der Waals surface area contributed by atoms with E-state index in [4.69, 9.17) is 18.5 Å². The molecule has 1 unspecified atom stereocenters. The maximum Gasteiger partial charge on any atom is 0.257 e. The smallest absolute Gasteiger partial charge is 0.257 e. The molecule has 2 aliphatic rings. The van der Waals surface area contributed by atoms with E-state index in [0.29, 0.717) is 29.7 Å². The summed E-state index contributed by atoms with van der Waals surface area (Å²) < 4.78 is 16.9. The molecule has 1 fully saturated rings. The first-order chi connectivity index (χ1) is 16.6. The number of hydrogen-bond donors (Lipinski definition) is 1. The van der Waals surface area contributed by atoms with Crippen LogP contribution in [-0.4, -0.2) is 33.3 Å². The lowest BCUT2D eigenvalue weighted by atomic mass is 9.96. The van der Waals surface area contributed by atoms with Crippen LogP contribution in [0.5, 0.6) is 0 Å². The number of hydrazone groups is 1. The molecule has 0 spiro atoms. The van der Waals surface area contributed by atoms with Crippen LogP contribution in [0.3, 0.4) is 0 Å². The average Bonchev–Trinajstić information content (AvgIpc) is 3.65. The summed E-state index contributed by atoms with van der Waals surface area (Å²) in [5.74, 6) is 2.33. The van der Waals surface area contributed by atoms with Gasteiger partial charge >= 0.3 is 0 Å². The Labute approximate surface area is 195 Å². The van der Waals surface area contributed by atoms with Gasteiger partial charge < -0.3 is 13.4 Å². The Morgan fingerprint density at radius 2 is 2.06 bits per heavy atom. The first kappa shape index (κ1) is 20.9. The van der Waals surface area contributed by atoms with Crippen LogP contribution < -0.4 is 5.32 Å². The third-order valence-corrected chi connectivity index (χ3v) is 6.74. The molecule has 1 aromatic carbocycles. The number of nitrogens with zero attached hydrogens (tertiary/aromatic N) is 4. The minimum absolute atomic E-state index is 0.0989. The van der Waals surface area contributed by atoms with Gasteiger partial charge in [-0.2, -0.15) is 10.1 Å². The summed E-state index contributed by atoms with van der Waals surface area (Å²) in [6.07, 6.45) is 5.92. The number of nitrogens with one attached hydrogen (secondary N) is 1. The molecule has 1 amide bonds. The van der Waals surface area contributed by atoms with Crippen molar-refractivity contribution in [1.29, 1.82) is 0 Å². The van der Waals surface area contributed by atoms with Gasteiger partial charge in [-0.05, 0) is 37.1 Å². The molecule has 34 heavy (non-hydrogen) atoms. The summed E-state index contributed by atoms with van der Waals surface area (Å²) in [5.41, 5.74) is 1.05. The molecule has 0 saturated heterocycles. The maximum atomic E-state index is 13.5. The van der Waals surface area contributed by atoms with Gasteiger partial charge in [-0.25, -0.2) is 5.01 Å². The molecular weight excluding hydrogens is 434 g/mol. The van der Waals surface area contributed by atoms with Crippen LogP contribution in [-0.2, 0) is 10.3 Å². The molecule has 1 saturated carbocycles. The molecule has 9 nitrogen and oxygen atoms in total. The molecule has 1 aliphatic carbocycles. The number of fused-ring (bicyclic) bond motifs is 1. The van der Waals surface area contributed by atoms with Gasteiger partial charge in [0.15, 0.2) is 11.6 Å². The summed E-state index contributed by atoms with van der Waals surface area (Å²) in [4.78, 5) is 17.9. The van der Waals surface area contributed by atoms with Crippen molar-refractivity contribution in [2.45, 2.75) is 50.6 Å². The van der Waals surface area contributed by atoms with Crippen molar-refractivity contribution < 1.29 is 18.2 Å². The molecule has 4 aromatic rings. The van der Waals surface area contributed by atoms with Crippen molar-refractivity contribution in [1.82, 2.24) is 20.5 Å². The van der Waals surface area contributed by atoms with Crippen molar-refractivity contribution in [3.8, 4) is 0 Å². The third kappa shape index (κ3) is 3.62. The van der Waals surface area contributed by atoms with E-state index in [0.717, 1.165) is 42.4 Å². The molecule has 1 atom stereocenters. The number of furan rings is 2. The van der Waals surface area contributed by atoms with Crippen LogP contribution in [0, 0.1) is 6.92 Å². The highest BCUT2D eigenvalue weighted by molar-refractivity contribution is 6.03. The molecule has 6 rings (SSSR count). The van der Waals surface area contributed by atoms with Crippen LogP contribution in [0.25, 0.3) is 11.0 Å². The molecule has 174 valence electrons. The lowest BCUT2D eigenvalue weighted by molar-refractivity contribution is -0.132. The number of para-hydroxylation sites is 1. The zero-order valence-electron chi connectivity index (χ0n) is 18.9. The van der Waals surface area contributed by atoms with E-state index in [1.54, 1.807) is 13.2 Å². The number of aromatic nitrogens is 2. The second-order valence-electron chi connectivity index (χ2n) is 8.95. The largest absolute Gasteiger partial charge is 0.467 e. The number of carbonyl (C=O) groups is 1. The lowest BCUT2D eigenvalue weighted by Crippen LogP contribution is -2.46. The van der Waals surface area contributed by atoms with Crippen LogP contribution in [0.2, 0.25) is 0 Å². The first-order valence-corrected chi connectivity index (χ1v) is 11.6. The Hall–Kier alpha value is -3.72. The van der Waals surface area contributed by atoms with E-state index in [1.807, 2.05) is 42.5 Å². The van der Waals surface area contributed by atoms with Gasteiger partial charge in [0.05, 0.1) is 18.3 Å². The number of carbonyl (C=O) groups excluding carboxylic acids is 1. The van der Waals surface area contributed by atoms with Gasteiger partial charge in [0.2, 0.25) is 5.89 Å². The summed E-state index contributed by atoms with van der Waals surface area (Å²) in [7, 11) is 0. The van der Waals surface area contributed by atoms with E-state index in [-0.39, 0.29) is 18.5 Å². The summed E-state index contributed by atoms with van der Waals surface area (Å²) in [5, 5.41) is 14.8. The zero-order valence-corrected chi connectivity index (χ0v) is 18.9. The topological polar surface area (TPSA) is 110 Å². The highest BCUT2D eigenvalue weighted by atomic mass is 16.5. The Bertz CT molecular complexity index is 1310. The van der Waals surface area contributed by atoms with E-state index in [9.17, 15) is 4.79 Å².